The molecular weight excluding hydrogens is 364 g/mol. The van der Waals surface area contributed by atoms with Crippen LogP contribution in [0.15, 0.2) is 24.3 Å². The Balaban J connectivity index is 2.81. The molecule has 0 atom stereocenters. The number of carbonyl (C=O) groups is 1. The number of aliphatic hydroxyl groups is 1. The van der Waals surface area contributed by atoms with Crippen molar-refractivity contribution in [3.63, 3.8) is 0 Å². The normalized spacial score (nSPS) is 11.8. The zero-order chi connectivity index (χ0) is 21.9. The molecular formula is C24H34N2O3. The van der Waals surface area contributed by atoms with Gasteiger partial charge in [0.15, 0.2) is 0 Å². The lowest BCUT2D eigenvalue weighted by atomic mass is 9.89. The number of aromatic nitrogens is 1. The van der Waals surface area contributed by atoms with Crippen LogP contribution >= 0.6 is 0 Å². The fourth-order valence-electron chi connectivity index (χ4n) is 3.58. The highest BCUT2D eigenvalue weighted by molar-refractivity contribution is 5.74. The average molecular weight is 399 g/mol. The number of amides is 1. The summed E-state index contributed by atoms with van der Waals surface area (Å²) in [5, 5.41) is 20.0. The quantitative estimate of drug-likeness (QED) is 0.689. The van der Waals surface area contributed by atoms with Crippen LogP contribution in [0.1, 0.15) is 62.7 Å². The van der Waals surface area contributed by atoms with Crippen LogP contribution in [0.2, 0.25) is 0 Å². The van der Waals surface area contributed by atoms with E-state index in [0.717, 1.165) is 45.6 Å². The van der Waals surface area contributed by atoms with Crippen molar-refractivity contribution < 1.29 is 15.0 Å². The monoisotopic (exact) mass is 398 g/mol. The second kappa shape index (κ2) is 8.95. The Labute approximate surface area is 174 Å². The van der Waals surface area contributed by atoms with Crippen LogP contribution < -0.4 is 0 Å². The predicted octanol–water partition coefficient (Wildman–Crippen LogP) is 5.33. The van der Waals surface area contributed by atoms with Crippen LogP contribution in [0.5, 0.6) is 0 Å². The van der Waals surface area contributed by atoms with Gasteiger partial charge in [-0.15, -0.1) is 0 Å². The number of aryl methyl sites for hydroxylation is 2. The summed E-state index contributed by atoms with van der Waals surface area (Å²) in [5.74, 6) is 0.374. The molecule has 0 aliphatic heterocycles. The van der Waals surface area contributed by atoms with Gasteiger partial charge in [-0.25, -0.2) is 4.79 Å². The summed E-state index contributed by atoms with van der Waals surface area (Å²) in [6.45, 7) is 14.0. The summed E-state index contributed by atoms with van der Waals surface area (Å²) in [5.41, 5.74) is 5.81. The van der Waals surface area contributed by atoms with Crippen LogP contribution in [0, 0.1) is 19.8 Å². The molecule has 1 heterocycles. The van der Waals surface area contributed by atoms with Crippen molar-refractivity contribution >= 4 is 6.09 Å². The van der Waals surface area contributed by atoms with Gasteiger partial charge in [0.25, 0.3) is 0 Å². The van der Waals surface area contributed by atoms with Gasteiger partial charge in [0.05, 0.1) is 13.2 Å². The predicted molar refractivity (Wildman–Crippen MR) is 117 cm³/mol. The Morgan fingerprint density at radius 2 is 1.69 bits per heavy atom. The lowest BCUT2D eigenvalue weighted by Crippen LogP contribution is -2.44. The molecule has 0 saturated carbocycles. The largest absolute Gasteiger partial charge is 0.465 e. The van der Waals surface area contributed by atoms with Crippen molar-refractivity contribution in [3.8, 4) is 11.1 Å². The number of carboxylic acid groups (broad SMARTS) is 1. The van der Waals surface area contributed by atoms with E-state index in [9.17, 15) is 15.0 Å². The molecule has 1 aromatic heterocycles. The van der Waals surface area contributed by atoms with E-state index >= 15 is 0 Å². The van der Waals surface area contributed by atoms with Crippen molar-refractivity contribution in [2.24, 2.45) is 5.92 Å². The summed E-state index contributed by atoms with van der Waals surface area (Å²) in [6.07, 6.45) is -0.216. The molecule has 0 fully saturated rings. The van der Waals surface area contributed by atoms with E-state index in [0.29, 0.717) is 5.92 Å². The summed E-state index contributed by atoms with van der Waals surface area (Å²) >= 11 is 0. The minimum absolute atomic E-state index is 0.139. The summed E-state index contributed by atoms with van der Waals surface area (Å²) in [6, 6.07) is 8.15. The standard InChI is InChI=1S/C24H34N2O3/c1-15(2)12-21-19(13-26(23(28)29)24(5,6)7)22(20(14-27)17(4)25-21)18-10-8-16(3)9-11-18/h8-11,15,27H,12-14H2,1-7H3,(H,28,29). The average Bonchev–Trinajstić information content (AvgIpc) is 2.59. The van der Waals surface area contributed by atoms with Gasteiger partial charge in [0.2, 0.25) is 0 Å². The highest BCUT2D eigenvalue weighted by Crippen LogP contribution is 2.34. The number of rotatable bonds is 6. The topological polar surface area (TPSA) is 73.7 Å². The maximum atomic E-state index is 12.1. The van der Waals surface area contributed by atoms with E-state index in [1.807, 2.05) is 58.9 Å². The van der Waals surface area contributed by atoms with E-state index in [1.54, 1.807) is 0 Å². The first-order valence-corrected chi connectivity index (χ1v) is 10.1. The van der Waals surface area contributed by atoms with Gasteiger partial charge < -0.3 is 10.2 Å². The first kappa shape index (κ1) is 22.9. The molecule has 1 amide bonds. The zero-order valence-corrected chi connectivity index (χ0v) is 18.7. The second-order valence-corrected chi connectivity index (χ2v) is 9.14. The van der Waals surface area contributed by atoms with Crippen LogP contribution in [0.3, 0.4) is 0 Å². The molecule has 1 aromatic carbocycles. The third-order valence-electron chi connectivity index (χ3n) is 5.15. The highest BCUT2D eigenvalue weighted by atomic mass is 16.4. The van der Waals surface area contributed by atoms with Crippen molar-refractivity contribution in [2.45, 2.75) is 73.6 Å². The van der Waals surface area contributed by atoms with Gasteiger partial charge in [-0.3, -0.25) is 9.88 Å². The smallest absolute Gasteiger partial charge is 0.408 e. The minimum Gasteiger partial charge on any atom is -0.465 e. The summed E-state index contributed by atoms with van der Waals surface area (Å²) < 4.78 is 0. The lowest BCUT2D eigenvalue weighted by Gasteiger charge is -2.35. The van der Waals surface area contributed by atoms with Crippen LogP contribution in [-0.4, -0.2) is 31.7 Å². The first-order valence-electron chi connectivity index (χ1n) is 10.1. The molecule has 2 rings (SSSR count). The minimum atomic E-state index is -0.964. The van der Waals surface area contributed by atoms with E-state index < -0.39 is 11.6 Å². The number of hydrogen-bond acceptors (Lipinski definition) is 3. The Kier molecular flexibility index (Phi) is 7.06. The molecule has 2 N–H and O–H groups in total. The number of pyridine rings is 1. The van der Waals surface area contributed by atoms with Gasteiger partial charge >= 0.3 is 6.09 Å². The van der Waals surface area contributed by atoms with Gasteiger partial charge in [0, 0.05) is 28.1 Å². The van der Waals surface area contributed by atoms with Crippen molar-refractivity contribution in [1.29, 1.82) is 0 Å². The van der Waals surface area contributed by atoms with E-state index in [2.05, 4.69) is 13.8 Å². The summed E-state index contributed by atoms with van der Waals surface area (Å²) in [7, 11) is 0. The number of aliphatic hydroxyl groups excluding tert-OH is 1. The Morgan fingerprint density at radius 3 is 2.14 bits per heavy atom. The molecule has 0 saturated heterocycles. The van der Waals surface area contributed by atoms with Crippen LogP contribution in [0.4, 0.5) is 4.79 Å². The molecule has 0 aliphatic rings. The molecule has 2 aromatic rings. The Hall–Kier alpha value is -2.40. The van der Waals surface area contributed by atoms with Gasteiger partial charge in [-0.1, -0.05) is 43.7 Å². The number of nitrogens with zero attached hydrogens (tertiary/aromatic N) is 2. The molecule has 0 radical (unpaired) electrons. The van der Waals surface area contributed by atoms with E-state index in [1.165, 1.54) is 4.90 Å². The second-order valence-electron chi connectivity index (χ2n) is 9.14. The van der Waals surface area contributed by atoms with Crippen molar-refractivity contribution in [1.82, 2.24) is 9.88 Å². The van der Waals surface area contributed by atoms with Crippen LogP contribution in [0.25, 0.3) is 11.1 Å². The fourth-order valence-corrected chi connectivity index (χ4v) is 3.58. The first-order chi connectivity index (χ1) is 13.5. The van der Waals surface area contributed by atoms with Gasteiger partial charge in [-0.2, -0.15) is 0 Å². The molecule has 29 heavy (non-hydrogen) atoms. The lowest BCUT2D eigenvalue weighted by molar-refractivity contribution is 0.0954. The Morgan fingerprint density at radius 1 is 1.10 bits per heavy atom. The van der Waals surface area contributed by atoms with E-state index in [4.69, 9.17) is 4.98 Å². The van der Waals surface area contributed by atoms with E-state index in [-0.39, 0.29) is 13.2 Å². The Bertz CT molecular complexity index is 865. The molecule has 5 nitrogen and oxygen atoms in total. The molecule has 0 bridgehead atoms. The molecule has 0 unspecified atom stereocenters. The number of benzene rings is 1. The van der Waals surface area contributed by atoms with Crippen molar-refractivity contribution in [2.75, 3.05) is 0 Å². The van der Waals surface area contributed by atoms with Gasteiger partial charge in [-0.05, 0) is 58.1 Å². The van der Waals surface area contributed by atoms with Gasteiger partial charge in [0.1, 0.15) is 0 Å². The highest BCUT2D eigenvalue weighted by Gasteiger charge is 2.29. The number of hydrogen-bond donors (Lipinski definition) is 2. The molecule has 5 heteroatoms. The third-order valence-corrected chi connectivity index (χ3v) is 5.15. The fraction of sp³-hybridized carbons (Fsp3) is 0.500. The zero-order valence-electron chi connectivity index (χ0n) is 18.7. The van der Waals surface area contributed by atoms with Crippen LogP contribution in [-0.2, 0) is 19.6 Å². The molecule has 0 spiro atoms. The SMILES string of the molecule is Cc1ccc(-c2c(CO)c(C)nc(CC(C)C)c2CN(C(=O)O)C(C)(C)C)cc1. The molecule has 0 aliphatic carbocycles. The molecule has 158 valence electrons. The maximum absolute atomic E-state index is 12.1. The van der Waals surface area contributed by atoms with Crippen molar-refractivity contribution in [3.05, 3.63) is 52.3 Å². The maximum Gasteiger partial charge on any atom is 0.408 e. The third kappa shape index (κ3) is 5.36. The summed E-state index contributed by atoms with van der Waals surface area (Å²) in [4.78, 5) is 18.3.